The Morgan fingerprint density at radius 2 is 2.07 bits per heavy atom. The first kappa shape index (κ1) is 20.3. The Morgan fingerprint density at radius 1 is 1.31 bits per heavy atom. The normalized spacial score (nSPS) is 19.3. The lowest BCUT2D eigenvalue weighted by Crippen LogP contribution is -2.16. The van der Waals surface area contributed by atoms with Crippen molar-refractivity contribution in [2.24, 2.45) is 9.50 Å². The smallest absolute Gasteiger partial charge is 0.352 e. The van der Waals surface area contributed by atoms with E-state index in [1.54, 1.807) is 26.8 Å². The standard InChI is InChI=1S/C22H29N3O3S/c1-12-8-9-15-10-14-6-5-7-16(14)20(19(12)15)24-21(26)25-29(23)18-11-17(13(2)28-18)22(3,4)27/h10-12,27H,5-9H2,1-4H3,(H3,23,24,25,26). The summed E-state index contributed by atoms with van der Waals surface area (Å²) < 4.78 is 9.81. The summed E-state index contributed by atoms with van der Waals surface area (Å²) in [6.45, 7) is 7.36. The number of hydrogen-bond acceptors (Lipinski definition) is 3. The molecule has 2 aliphatic carbocycles. The van der Waals surface area contributed by atoms with Crippen LogP contribution in [0.2, 0.25) is 0 Å². The number of nitrogens with zero attached hydrogens (tertiary/aromatic N) is 1. The fraction of sp³-hybridized carbons (Fsp3) is 0.500. The number of anilines is 1. The Balaban J connectivity index is 1.63. The molecule has 2 amide bonds. The second-order valence-corrected chi connectivity index (χ2v) is 9.90. The molecule has 29 heavy (non-hydrogen) atoms. The minimum absolute atomic E-state index is 0.395. The van der Waals surface area contributed by atoms with E-state index < -0.39 is 22.5 Å². The molecule has 0 aliphatic heterocycles. The molecule has 7 heteroatoms. The van der Waals surface area contributed by atoms with Crippen molar-refractivity contribution in [3.63, 3.8) is 0 Å². The highest BCUT2D eigenvalue weighted by Gasteiger charge is 2.29. The van der Waals surface area contributed by atoms with Gasteiger partial charge in [-0.3, -0.25) is 5.14 Å². The molecule has 0 fully saturated rings. The number of aryl methyl sites for hydroxylation is 3. The van der Waals surface area contributed by atoms with E-state index in [4.69, 9.17) is 9.56 Å². The number of nitrogens with two attached hydrogens (primary N) is 1. The minimum Gasteiger partial charge on any atom is -0.453 e. The summed E-state index contributed by atoms with van der Waals surface area (Å²) in [6, 6.07) is 3.58. The Bertz CT molecular complexity index is 1020. The third kappa shape index (κ3) is 3.79. The van der Waals surface area contributed by atoms with Crippen LogP contribution in [0, 0.1) is 6.92 Å². The maximum Gasteiger partial charge on any atom is 0.352 e. The fourth-order valence-electron chi connectivity index (χ4n) is 4.68. The van der Waals surface area contributed by atoms with Crippen LogP contribution in [0.5, 0.6) is 0 Å². The topological polar surface area (TPSA) is 101 Å². The number of nitrogens with one attached hydrogen (secondary N) is 1. The van der Waals surface area contributed by atoms with Crippen LogP contribution >= 0.6 is 0 Å². The molecule has 4 rings (SSSR count). The molecule has 2 atom stereocenters. The molecule has 156 valence electrons. The van der Waals surface area contributed by atoms with E-state index in [2.05, 4.69) is 22.7 Å². The number of rotatable bonds is 3. The zero-order valence-corrected chi connectivity index (χ0v) is 18.3. The second-order valence-electron chi connectivity index (χ2n) is 8.69. The summed E-state index contributed by atoms with van der Waals surface area (Å²) in [5.41, 5.74) is 5.81. The number of fused-ring (bicyclic) bond motifs is 2. The van der Waals surface area contributed by atoms with Gasteiger partial charge in [0, 0.05) is 22.1 Å². The number of furan rings is 1. The van der Waals surface area contributed by atoms with Gasteiger partial charge in [-0.25, -0.2) is 4.79 Å². The van der Waals surface area contributed by atoms with Gasteiger partial charge in [0.05, 0.1) is 5.60 Å². The molecule has 2 unspecified atom stereocenters. The summed E-state index contributed by atoms with van der Waals surface area (Å²) in [5, 5.41) is 19.8. The summed E-state index contributed by atoms with van der Waals surface area (Å²) in [5.74, 6) is 1.02. The second kappa shape index (κ2) is 7.38. The SMILES string of the molecule is Cc1oc(/S(N)=N/C(=O)Nc2c3c(cc4c2C(C)CC4)CCC3)cc1C(C)(C)O. The quantitative estimate of drug-likeness (QED) is 0.681. The molecule has 4 N–H and O–H groups in total. The van der Waals surface area contributed by atoms with Gasteiger partial charge in [0.25, 0.3) is 0 Å². The lowest BCUT2D eigenvalue weighted by Gasteiger charge is -2.17. The minimum atomic E-state index is -1.23. The predicted octanol–water partition coefficient (Wildman–Crippen LogP) is 4.62. The highest BCUT2D eigenvalue weighted by Crippen LogP contribution is 2.43. The van der Waals surface area contributed by atoms with E-state index in [9.17, 15) is 9.90 Å². The lowest BCUT2D eigenvalue weighted by molar-refractivity contribution is 0.0769. The van der Waals surface area contributed by atoms with Crippen molar-refractivity contribution in [1.29, 1.82) is 0 Å². The van der Waals surface area contributed by atoms with Gasteiger partial charge in [-0.2, -0.15) is 0 Å². The predicted molar refractivity (Wildman–Crippen MR) is 115 cm³/mol. The maximum absolute atomic E-state index is 12.7. The van der Waals surface area contributed by atoms with Crippen LogP contribution in [0.1, 0.15) is 73.1 Å². The van der Waals surface area contributed by atoms with Crippen LogP contribution in [0.15, 0.2) is 26.0 Å². The molecule has 6 nitrogen and oxygen atoms in total. The third-order valence-corrected chi connectivity index (χ3v) is 7.02. The monoisotopic (exact) mass is 415 g/mol. The van der Waals surface area contributed by atoms with Crippen molar-refractivity contribution in [2.45, 2.75) is 76.4 Å². The molecule has 0 saturated heterocycles. The number of aliphatic hydroxyl groups is 1. The van der Waals surface area contributed by atoms with Gasteiger partial charge in [-0.15, -0.1) is 4.36 Å². The number of amides is 2. The van der Waals surface area contributed by atoms with Gasteiger partial charge in [0.1, 0.15) is 5.76 Å². The van der Waals surface area contributed by atoms with Gasteiger partial charge in [0.2, 0.25) is 0 Å². The van der Waals surface area contributed by atoms with E-state index in [0.29, 0.717) is 22.3 Å². The van der Waals surface area contributed by atoms with E-state index in [0.717, 1.165) is 37.8 Å². The first-order valence-corrected chi connectivity index (χ1v) is 11.4. The molecule has 0 bridgehead atoms. The molecular weight excluding hydrogens is 386 g/mol. The Morgan fingerprint density at radius 3 is 2.76 bits per heavy atom. The van der Waals surface area contributed by atoms with Crippen LogP contribution in [-0.4, -0.2) is 11.1 Å². The Hall–Kier alpha value is -1.96. The third-order valence-electron chi connectivity index (χ3n) is 6.04. The van der Waals surface area contributed by atoms with Gasteiger partial charge in [-0.05, 0) is 87.1 Å². The molecule has 1 aromatic heterocycles. The van der Waals surface area contributed by atoms with Crippen molar-refractivity contribution >= 4 is 22.6 Å². The molecule has 0 radical (unpaired) electrons. The maximum atomic E-state index is 12.7. The van der Waals surface area contributed by atoms with Gasteiger partial charge >= 0.3 is 6.03 Å². The Labute approximate surface area is 174 Å². The van der Waals surface area contributed by atoms with E-state index in [-0.39, 0.29) is 0 Å². The molecule has 2 aliphatic rings. The molecule has 0 saturated carbocycles. The number of hydrogen-bond donors (Lipinski definition) is 3. The van der Waals surface area contributed by atoms with Crippen LogP contribution in [0.25, 0.3) is 0 Å². The number of carbonyl (C=O) groups excluding carboxylic acids is 1. The highest BCUT2D eigenvalue weighted by molar-refractivity contribution is 7.85. The van der Waals surface area contributed by atoms with Crippen molar-refractivity contribution in [1.82, 2.24) is 0 Å². The van der Waals surface area contributed by atoms with Crippen molar-refractivity contribution in [3.05, 3.63) is 45.7 Å². The molecule has 2 aromatic rings. The summed E-state index contributed by atoms with van der Waals surface area (Å²) in [7, 11) is -1.23. The Kier molecular flexibility index (Phi) is 5.17. The first-order chi connectivity index (χ1) is 13.6. The fourth-order valence-corrected chi connectivity index (χ4v) is 5.44. The van der Waals surface area contributed by atoms with Crippen molar-refractivity contribution in [2.75, 3.05) is 5.32 Å². The van der Waals surface area contributed by atoms with Gasteiger partial charge in [0.15, 0.2) is 5.09 Å². The van der Waals surface area contributed by atoms with Crippen LogP contribution in [0.3, 0.4) is 0 Å². The number of carbonyl (C=O) groups is 1. The van der Waals surface area contributed by atoms with Crippen molar-refractivity contribution < 1.29 is 14.3 Å². The average Bonchev–Trinajstić information content (AvgIpc) is 3.33. The highest BCUT2D eigenvalue weighted by atomic mass is 32.2. The number of urea groups is 1. The number of benzene rings is 1. The average molecular weight is 416 g/mol. The molecule has 1 aromatic carbocycles. The van der Waals surface area contributed by atoms with Crippen molar-refractivity contribution in [3.8, 4) is 0 Å². The van der Waals surface area contributed by atoms with Gasteiger partial charge < -0.3 is 14.8 Å². The largest absolute Gasteiger partial charge is 0.453 e. The zero-order chi connectivity index (χ0) is 20.9. The molecule has 1 heterocycles. The van der Waals surface area contributed by atoms with E-state index >= 15 is 0 Å². The molecule has 0 spiro atoms. The van der Waals surface area contributed by atoms with Crippen LogP contribution in [-0.2, 0) is 35.7 Å². The van der Waals surface area contributed by atoms with Crippen LogP contribution in [0.4, 0.5) is 10.5 Å². The first-order valence-electron chi connectivity index (χ1n) is 10.2. The van der Waals surface area contributed by atoms with E-state index in [1.165, 1.54) is 22.3 Å². The summed E-state index contributed by atoms with van der Waals surface area (Å²) >= 11 is 0. The summed E-state index contributed by atoms with van der Waals surface area (Å²) in [4.78, 5) is 12.7. The van der Waals surface area contributed by atoms with Crippen LogP contribution < -0.4 is 10.5 Å². The van der Waals surface area contributed by atoms with E-state index in [1.807, 2.05) is 0 Å². The zero-order valence-electron chi connectivity index (χ0n) is 17.5. The summed E-state index contributed by atoms with van der Waals surface area (Å²) in [6.07, 6.45) is 5.37. The lowest BCUT2D eigenvalue weighted by atomic mass is 9.95. The molecular formula is C22H29N3O3S. The van der Waals surface area contributed by atoms with Gasteiger partial charge in [-0.1, -0.05) is 13.0 Å².